The van der Waals surface area contributed by atoms with Crippen molar-refractivity contribution in [3.8, 4) is 5.75 Å². The van der Waals surface area contributed by atoms with Crippen LogP contribution in [0.15, 0.2) is 42.9 Å². The number of rotatable bonds is 3. The van der Waals surface area contributed by atoms with Gasteiger partial charge in [0.2, 0.25) is 0 Å². The maximum absolute atomic E-state index is 15.2. The maximum atomic E-state index is 15.2. The standard InChI is InChI=1S/C24H20F3N5O3/c25-16-8-17-18(32-11-29-9-19(32)22(28)30-17)7-15(16)23(33)31-5-1-2-20-21(31)14-4-3-13(35-24(26)27)6-12(14)10-34-20/h3-4,6-9,11,20-21,24H,1-2,5,10H2,(H2,28,30)/t20-,21-/m1/s1. The SMILES string of the molecule is Nc1nc2cc(F)c(C(=O)N3CCC[C@H]4OCc5cc(OC(F)F)ccc5[C@H]43)cc2n2cncc12. The van der Waals surface area contributed by atoms with E-state index >= 15 is 4.39 Å². The summed E-state index contributed by atoms with van der Waals surface area (Å²) in [6.45, 7) is -2.33. The van der Waals surface area contributed by atoms with E-state index < -0.39 is 24.4 Å². The fraction of sp³-hybridized carbons (Fsp3) is 0.292. The molecule has 35 heavy (non-hydrogen) atoms. The largest absolute Gasteiger partial charge is 0.435 e. The topological polar surface area (TPSA) is 95.0 Å². The summed E-state index contributed by atoms with van der Waals surface area (Å²) in [5.74, 6) is -0.980. The van der Waals surface area contributed by atoms with Gasteiger partial charge in [-0.2, -0.15) is 8.78 Å². The average Bonchev–Trinajstić information content (AvgIpc) is 3.33. The lowest BCUT2D eigenvalue weighted by atomic mass is 9.87. The number of benzene rings is 2. The number of ether oxygens (including phenoxy) is 2. The number of hydrogen-bond donors (Lipinski definition) is 1. The third kappa shape index (κ3) is 3.54. The van der Waals surface area contributed by atoms with Gasteiger partial charge in [-0.25, -0.2) is 14.4 Å². The Kier molecular flexibility index (Phi) is 5.03. The number of imidazole rings is 1. The fourth-order valence-electron chi connectivity index (χ4n) is 5.12. The molecular formula is C24H20F3N5O3. The smallest absolute Gasteiger partial charge is 0.387 e. The van der Waals surface area contributed by atoms with Crippen LogP contribution in [0.2, 0.25) is 0 Å². The number of piperidine rings is 1. The van der Waals surface area contributed by atoms with Crippen molar-refractivity contribution in [2.24, 2.45) is 0 Å². The van der Waals surface area contributed by atoms with Crippen LogP contribution >= 0.6 is 0 Å². The van der Waals surface area contributed by atoms with Gasteiger partial charge in [-0.05, 0) is 42.2 Å². The molecule has 11 heteroatoms. The zero-order valence-electron chi connectivity index (χ0n) is 18.3. The highest BCUT2D eigenvalue weighted by molar-refractivity contribution is 5.99. The van der Waals surface area contributed by atoms with Gasteiger partial charge in [-0.1, -0.05) is 6.07 Å². The second-order valence-corrected chi connectivity index (χ2v) is 8.64. The number of likely N-dealkylation sites (tertiary alicyclic amines) is 1. The van der Waals surface area contributed by atoms with Crippen molar-refractivity contribution in [2.45, 2.75) is 38.2 Å². The number of fused-ring (bicyclic) bond motifs is 6. The van der Waals surface area contributed by atoms with E-state index in [4.69, 9.17) is 10.5 Å². The molecule has 0 radical (unpaired) electrons. The summed E-state index contributed by atoms with van der Waals surface area (Å²) in [6.07, 6.45) is 4.20. The van der Waals surface area contributed by atoms with Crippen LogP contribution < -0.4 is 10.5 Å². The Morgan fingerprint density at radius 3 is 2.91 bits per heavy atom. The van der Waals surface area contributed by atoms with Crippen LogP contribution in [0.5, 0.6) is 5.75 Å². The van der Waals surface area contributed by atoms with Crippen molar-refractivity contribution >= 4 is 28.3 Å². The Bertz CT molecular complexity index is 1470. The van der Waals surface area contributed by atoms with Gasteiger partial charge in [0.1, 0.15) is 22.9 Å². The molecule has 6 rings (SSSR count). The quantitative estimate of drug-likeness (QED) is 0.472. The summed E-state index contributed by atoms with van der Waals surface area (Å²) in [4.78, 5) is 23.6. The molecule has 0 spiro atoms. The molecule has 2 aliphatic heterocycles. The molecule has 1 amide bonds. The van der Waals surface area contributed by atoms with E-state index in [0.29, 0.717) is 35.1 Å². The second-order valence-electron chi connectivity index (χ2n) is 8.64. The Labute approximate surface area is 197 Å². The van der Waals surface area contributed by atoms with Gasteiger partial charge >= 0.3 is 6.61 Å². The molecule has 2 aliphatic rings. The predicted molar refractivity (Wildman–Crippen MR) is 120 cm³/mol. The van der Waals surface area contributed by atoms with Crippen molar-refractivity contribution in [3.63, 3.8) is 0 Å². The first kappa shape index (κ1) is 21.7. The predicted octanol–water partition coefficient (Wildman–Crippen LogP) is 4.08. The van der Waals surface area contributed by atoms with Crippen molar-refractivity contribution in [1.29, 1.82) is 0 Å². The number of hydrogen-bond acceptors (Lipinski definition) is 6. The number of nitrogens with zero attached hydrogens (tertiary/aromatic N) is 4. The van der Waals surface area contributed by atoms with Crippen LogP contribution in [0.4, 0.5) is 19.0 Å². The Hall–Kier alpha value is -3.86. The van der Waals surface area contributed by atoms with E-state index in [1.165, 1.54) is 30.6 Å². The average molecular weight is 483 g/mol. The molecule has 1 fully saturated rings. The number of aromatic nitrogens is 3. The molecule has 0 unspecified atom stereocenters. The Morgan fingerprint density at radius 2 is 2.09 bits per heavy atom. The minimum absolute atomic E-state index is 0.0196. The number of nitrogens with two attached hydrogens (primary N) is 1. The number of nitrogen functional groups attached to an aromatic ring is 1. The second kappa shape index (κ2) is 8.12. The van der Waals surface area contributed by atoms with Crippen LogP contribution in [-0.2, 0) is 11.3 Å². The van der Waals surface area contributed by atoms with Crippen molar-refractivity contribution in [3.05, 3.63) is 65.4 Å². The van der Waals surface area contributed by atoms with Crippen molar-refractivity contribution in [1.82, 2.24) is 19.3 Å². The minimum Gasteiger partial charge on any atom is -0.435 e. The van der Waals surface area contributed by atoms with Crippen molar-refractivity contribution < 1.29 is 27.4 Å². The summed E-state index contributed by atoms with van der Waals surface area (Å²) in [5, 5.41) is 0. The molecule has 180 valence electrons. The number of alkyl halides is 2. The number of amides is 1. The molecular weight excluding hydrogens is 463 g/mol. The van der Waals surface area contributed by atoms with Crippen LogP contribution in [-0.4, -0.2) is 44.4 Å². The number of carbonyl (C=O) groups is 1. The molecule has 4 aromatic rings. The van der Waals surface area contributed by atoms with Gasteiger partial charge < -0.3 is 20.1 Å². The summed E-state index contributed by atoms with van der Waals surface area (Å²) in [6, 6.07) is 6.80. The van der Waals surface area contributed by atoms with Crippen molar-refractivity contribution in [2.75, 3.05) is 12.3 Å². The molecule has 2 atom stereocenters. The normalized spacial score (nSPS) is 19.7. The Morgan fingerprint density at radius 1 is 1.23 bits per heavy atom. The number of halogens is 3. The van der Waals surface area contributed by atoms with Gasteiger partial charge in [-0.15, -0.1) is 0 Å². The summed E-state index contributed by atoms with van der Waals surface area (Å²) in [7, 11) is 0. The van der Waals surface area contributed by atoms with E-state index in [0.717, 1.165) is 12.0 Å². The third-order valence-corrected chi connectivity index (χ3v) is 6.64. The van der Waals surface area contributed by atoms with Crippen LogP contribution in [0.25, 0.3) is 16.6 Å². The highest BCUT2D eigenvalue weighted by Gasteiger charge is 2.41. The minimum atomic E-state index is -2.94. The van der Waals surface area contributed by atoms with Gasteiger partial charge in [0.15, 0.2) is 0 Å². The molecule has 0 saturated carbocycles. The monoisotopic (exact) mass is 483 g/mol. The highest BCUT2D eigenvalue weighted by atomic mass is 19.3. The first-order valence-corrected chi connectivity index (χ1v) is 11.1. The van der Waals surface area contributed by atoms with Gasteiger partial charge in [0.25, 0.3) is 5.91 Å². The lowest BCUT2D eigenvalue weighted by molar-refractivity contribution is -0.0591. The van der Waals surface area contributed by atoms with E-state index in [1.807, 2.05) is 0 Å². The third-order valence-electron chi connectivity index (χ3n) is 6.64. The summed E-state index contributed by atoms with van der Waals surface area (Å²) >= 11 is 0. The molecule has 2 aromatic heterocycles. The molecule has 2 N–H and O–H groups in total. The highest BCUT2D eigenvalue weighted by Crippen LogP contribution is 2.41. The van der Waals surface area contributed by atoms with E-state index in [1.54, 1.807) is 21.6 Å². The molecule has 2 aromatic carbocycles. The summed E-state index contributed by atoms with van der Waals surface area (Å²) in [5.41, 5.74) is 8.64. The van der Waals surface area contributed by atoms with Gasteiger partial charge in [-0.3, -0.25) is 9.20 Å². The van der Waals surface area contributed by atoms with E-state index in [9.17, 15) is 13.6 Å². The van der Waals surface area contributed by atoms with E-state index in [-0.39, 0.29) is 29.8 Å². The first-order valence-electron chi connectivity index (χ1n) is 11.1. The summed E-state index contributed by atoms with van der Waals surface area (Å²) < 4.78 is 52.7. The van der Waals surface area contributed by atoms with Crippen LogP contribution in [0.1, 0.15) is 40.4 Å². The molecule has 0 bridgehead atoms. The first-order chi connectivity index (χ1) is 16.9. The maximum Gasteiger partial charge on any atom is 0.387 e. The molecule has 1 saturated heterocycles. The van der Waals surface area contributed by atoms with Crippen LogP contribution in [0.3, 0.4) is 0 Å². The lowest BCUT2D eigenvalue weighted by Crippen LogP contribution is -2.48. The molecule has 8 nitrogen and oxygen atoms in total. The zero-order chi connectivity index (χ0) is 24.3. The fourth-order valence-corrected chi connectivity index (χ4v) is 5.12. The van der Waals surface area contributed by atoms with Gasteiger partial charge in [0.05, 0.1) is 47.9 Å². The number of carbonyl (C=O) groups excluding carboxylic acids is 1. The lowest BCUT2D eigenvalue weighted by Gasteiger charge is -2.44. The van der Waals surface area contributed by atoms with Crippen LogP contribution in [0, 0.1) is 5.82 Å². The zero-order valence-corrected chi connectivity index (χ0v) is 18.3. The molecule has 0 aliphatic carbocycles. The number of anilines is 1. The molecule has 4 heterocycles. The van der Waals surface area contributed by atoms with E-state index in [2.05, 4.69) is 14.7 Å². The van der Waals surface area contributed by atoms with Gasteiger partial charge in [0, 0.05) is 12.6 Å². The Balaban J connectivity index is 1.42.